The van der Waals surface area contributed by atoms with Crippen molar-refractivity contribution in [1.29, 1.82) is 0 Å². The van der Waals surface area contributed by atoms with Crippen molar-refractivity contribution >= 4 is 17.5 Å². The first kappa shape index (κ1) is 24.0. The average Bonchev–Trinajstić information content (AvgIpc) is 3.58. The van der Waals surface area contributed by atoms with Crippen molar-refractivity contribution < 1.29 is 9.59 Å². The smallest absolute Gasteiger partial charge is 0.244 e. The van der Waals surface area contributed by atoms with Crippen LogP contribution >= 0.6 is 0 Å². The molecule has 3 heterocycles. The number of hydrogen-bond donors (Lipinski definition) is 0. The molecule has 2 bridgehead atoms. The van der Waals surface area contributed by atoms with Crippen LogP contribution in [0.5, 0.6) is 0 Å². The van der Waals surface area contributed by atoms with Crippen LogP contribution in [0.15, 0.2) is 24.3 Å². The maximum Gasteiger partial charge on any atom is 0.244 e. The van der Waals surface area contributed by atoms with Crippen LogP contribution in [-0.2, 0) is 22.7 Å². The fourth-order valence-corrected chi connectivity index (χ4v) is 5.91. The number of carbonyl (C=O) groups is 2. The minimum atomic E-state index is 0.0509. The van der Waals surface area contributed by atoms with E-state index < -0.39 is 0 Å². The molecule has 1 saturated heterocycles. The second-order valence-corrected chi connectivity index (χ2v) is 10.6. The van der Waals surface area contributed by atoms with E-state index in [1.807, 2.05) is 41.8 Å². The molecule has 1 aliphatic carbocycles. The first-order valence-electron chi connectivity index (χ1n) is 13.2. The molecule has 1 aromatic heterocycles. The van der Waals surface area contributed by atoms with Gasteiger partial charge in [-0.05, 0) is 63.5 Å². The standard InChI is InChI=1S/C27H38N6O2/c1-19-28-20(2)33(29-19)18-27(35)30-16-23-7-4-5-10-26(23)31(21(3)34)14-13-24-8-6-9-25(17-30)32(24)15-22-11-12-22/h4-5,7,10,22,24-25H,6,8-9,11-18H2,1-3H3. The highest BCUT2D eigenvalue weighted by atomic mass is 16.2. The Morgan fingerprint density at radius 3 is 2.51 bits per heavy atom. The lowest BCUT2D eigenvalue weighted by Crippen LogP contribution is -2.53. The van der Waals surface area contributed by atoms with Gasteiger partial charge in [-0.3, -0.25) is 14.5 Å². The molecular weight excluding hydrogens is 440 g/mol. The van der Waals surface area contributed by atoms with Gasteiger partial charge in [-0.2, -0.15) is 5.10 Å². The molecule has 2 aliphatic heterocycles. The molecule has 5 rings (SSSR count). The summed E-state index contributed by atoms with van der Waals surface area (Å²) in [5.74, 6) is 2.33. The Kier molecular flexibility index (Phi) is 6.91. The van der Waals surface area contributed by atoms with Crippen LogP contribution in [0.1, 0.15) is 62.7 Å². The normalized spacial score (nSPS) is 23.5. The highest BCUT2D eigenvalue weighted by Gasteiger charge is 2.37. The Morgan fingerprint density at radius 2 is 1.80 bits per heavy atom. The number of hydrogen-bond acceptors (Lipinski definition) is 5. The zero-order chi connectivity index (χ0) is 24.5. The van der Waals surface area contributed by atoms with Crippen LogP contribution in [0.4, 0.5) is 5.69 Å². The number of aryl methyl sites for hydroxylation is 2. The van der Waals surface area contributed by atoms with Gasteiger partial charge in [0, 0.05) is 50.9 Å². The van der Waals surface area contributed by atoms with Crippen molar-refractivity contribution in [3.8, 4) is 0 Å². The SMILES string of the molecule is CC(=O)N1CCC2CCCC(CN(C(=O)Cn3nc(C)nc3C)Cc3ccccc31)N2CC1CC1. The predicted octanol–water partition coefficient (Wildman–Crippen LogP) is 3.31. The molecule has 2 atom stereocenters. The van der Waals surface area contributed by atoms with Crippen LogP contribution in [0.2, 0.25) is 0 Å². The topological polar surface area (TPSA) is 74.6 Å². The van der Waals surface area contributed by atoms with Gasteiger partial charge >= 0.3 is 0 Å². The van der Waals surface area contributed by atoms with Crippen molar-refractivity contribution in [2.24, 2.45) is 5.92 Å². The number of amides is 2. The number of fused-ring (bicyclic) bond motifs is 3. The number of aromatic nitrogens is 3. The van der Waals surface area contributed by atoms with Gasteiger partial charge in [0.15, 0.2) is 0 Å². The number of nitrogens with zero attached hydrogens (tertiary/aromatic N) is 6. The summed E-state index contributed by atoms with van der Waals surface area (Å²) in [4.78, 5) is 37.5. The summed E-state index contributed by atoms with van der Waals surface area (Å²) in [6.07, 6.45) is 7.06. The molecule has 8 nitrogen and oxygen atoms in total. The molecule has 8 heteroatoms. The first-order valence-corrected chi connectivity index (χ1v) is 13.2. The summed E-state index contributed by atoms with van der Waals surface area (Å²) in [5.41, 5.74) is 1.95. The van der Waals surface area contributed by atoms with Gasteiger partial charge in [-0.25, -0.2) is 9.67 Å². The highest BCUT2D eigenvalue weighted by Crippen LogP contribution is 2.36. The maximum absolute atomic E-state index is 13.7. The van der Waals surface area contributed by atoms with Gasteiger partial charge in [0.1, 0.15) is 18.2 Å². The van der Waals surface area contributed by atoms with E-state index in [0.29, 0.717) is 31.0 Å². The predicted molar refractivity (Wildman–Crippen MR) is 135 cm³/mol. The van der Waals surface area contributed by atoms with Crippen LogP contribution in [0, 0.1) is 19.8 Å². The lowest BCUT2D eigenvalue weighted by atomic mass is 9.92. The van der Waals surface area contributed by atoms with Crippen LogP contribution in [0.3, 0.4) is 0 Å². The van der Waals surface area contributed by atoms with E-state index in [2.05, 4.69) is 21.0 Å². The zero-order valence-corrected chi connectivity index (χ0v) is 21.3. The van der Waals surface area contributed by atoms with Crippen LogP contribution in [-0.4, -0.2) is 68.1 Å². The molecular formula is C27H38N6O2. The Bertz CT molecular complexity index is 1080. The van der Waals surface area contributed by atoms with Crippen LogP contribution in [0.25, 0.3) is 0 Å². The van der Waals surface area contributed by atoms with Crippen molar-refractivity contribution in [2.75, 3.05) is 24.5 Å². The van der Waals surface area contributed by atoms with Crippen LogP contribution < -0.4 is 4.90 Å². The van der Waals surface area contributed by atoms with Gasteiger partial charge in [-0.1, -0.05) is 24.6 Å². The Balaban J connectivity index is 1.50. The first-order chi connectivity index (χ1) is 16.9. The third kappa shape index (κ3) is 5.42. The molecule has 2 amide bonds. The van der Waals surface area contributed by atoms with Crippen molar-refractivity contribution in [2.45, 2.75) is 84.5 Å². The average molecular weight is 479 g/mol. The number of para-hydroxylation sites is 1. The number of piperidine rings is 1. The summed E-state index contributed by atoms with van der Waals surface area (Å²) in [7, 11) is 0. The summed E-state index contributed by atoms with van der Waals surface area (Å²) in [6.45, 7) is 8.62. The Hall–Kier alpha value is -2.74. The minimum Gasteiger partial charge on any atom is -0.335 e. The number of carbonyl (C=O) groups excluding carboxylic acids is 2. The molecule has 0 N–H and O–H groups in total. The fourth-order valence-electron chi connectivity index (χ4n) is 5.91. The molecule has 2 aromatic rings. The van der Waals surface area contributed by atoms with E-state index in [4.69, 9.17) is 0 Å². The maximum atomic E-state index is 13.7. The summed E-state index contributed by atoms with van der Waals surface area (Å²) >= 11 is 0. The van der Waals surface area contributed by atoms with Crippen molar-refractivity contribution in [3.63, 3.8) is 0 Å². The summed E-state index contributed by atoms with van der Waals surface area (Å²) < 4.78 is 1.71. The number of rotatable bonds is 4. The fraction of sp³-hybridized carbons (Fsp3) is 0.630. The van der Waals surface area contributed by atoms with Gasteiger partial charge in [-0.15, -0.1) is 0 Å². The molecule has 1 saturated carbocycles. The van der Waals surface area contributed by atoms with E-state index >= 15 is 0 Å². The third-order valence-electron chi connectivity index (χ3n) is 7.92. The molecule has 1 aromatic carbocycles. The van der Waals surface area contributed by atoms with E-state index in [1.54, 1.807) is 11.6 Å². The number of anilines is 1. The Labute approximate surface area is 208 Å². The van der Waals surface area contributed by atoms with Gasteiger partial charge < -0.3 is 9.80 Å². The third-order valence-corrected chi connectivity index (χ3v) is 7.92. The van der Waals surface area contributed by atoms with Crippen molar-refractivity contribution in [1.82, 2.24) is 24.6 Å². The lowest BCUT2D eigenvalue weighted by Gasteiger charge is -2.44. The van der Waals surface area contributed by atoms with E-state index in [9.17, 15) is 9.59 Å². The molecule has 0 radical (unpaired) electrons. The monoisotopic (exact) mass is 478 g/mol. The zero-order valence-electron chi connectivity index (χ0n) is 21.3. The second kappa shape index (κ2) is 10.1. The minimum absolute atomic E-state index is 0.0509. The molecule has 0 spiro atoms. The van der Waals surface area contributed by atoms with E-state index in [0.717, 1.165) is 48.9 Å². The number of benzene rings is 1. The molecule has 2 unspecified atom stereocenters. The Morgan fingerprint density at radius 1 is 1.03 bits per heavy atom. The van der Waals surface area contributed by atoms with E-state index in [-0.39, 0.29) is 18.4 Å². The van der Waals surface area contributed by atoms with Gasteiger partial charge in [0.25, 0.3) is 0 Å². The van der Waals surface area contributed by atoms with Gasteiger partial charge in [0.05, 0.1) is 0 Å². The van der Waals surface area contributed by atoms with E-state index in [1.165, 1.54) is 25.7 Å². The molecule has 3 aliphatic rings. The lowest BCUT2D eigenvalue weighted by molar-refractivity contribution is -0.134. The largest absolute Gasteiger partial charge is 0.335 e. The highest BCUT2D eigenvalue weighted by molar-refractivity contribution is 5.92. The molecule has 35 heavy (non-hydrogen) atoms. The molecule has 2 fully saturated rings. The quantitative estimate of drug-likeness (QED) is 0.674. The summed E-state index contributed by atoms with van der Waals surface area (Å²) in [6, 6.07) is 8.88. The summed E-state index contributed by atoms with van der Waals surface area (Å²) in [5, 5.41) is 4.43. The van der Waals surface area contributed by atoms with Gasteiger partial charge in [0.2, 0.25) is 11.8 Å². The van der Waals surface area contributed by atoms with Crippen molar-refractivity contribution in [3.05, 3.63) is 41.5 Å². The second-order valence-electron chi connectivity index (χ2n) is 10.6. The molecule has 188 valence electrons.